The Hall–Kier alpha value is -3.56. The van der Waals surface area contributed by atoms with Gasteiger partial charge in [-0.25, -0.2) is 0 Å². The first kappa shape index (κ1) is 20.7. The molecule has 0 saturated carbocycles. The third-order valence-corrected chi connectivity index (χ3v) is 5.08. The maximum absolute atomic E-state index is 9.82. The first-order valence-corrected chi connectivity index (χ1v) is 9.47. The molecule has 0 aliphatic heterocycles. The molecule has 0 unspecified atom stereocenters. The molecule has 0 aliphatic rings. The van der Waals surface area contributed by atoms with Crippen LogP contribution >= 0.6 is 0 Å². The molecule has 144 valence electrons. The second kappa shape index (κ2) is 8.67. The van der Waals surface area contributed by atoms with Crippen LogP contribution in [-0.2, 0) is 19.5 Å². The van der Waals surface area contributed by atoms with Crippen molar-refractivity contribution >= 4 is 43.4 Å². The molecule has 31 heavy (non-hydrogen) atoms. The average Bonchev–Trinajstić information content (AvgIpc) is 2.79. The van der Waals surface area contributed by atoms with E-state index in [-0.39, 0.29) is 31.0 Å². The first-order valence-electron chi connectivity index (χ1n) is 9.47. The van der Waals surface area contributed by atoms with Gasteiger partial charge in [-0.1, -0.05) is 60.9 Å². The molecule has 0 fully saturated rings. The van der Waals surface area contributed by atoms with E-state index in [1.54, 1.807) is 24.3 Å². The Morgan fingerprint density at radius 3 is 1.39 bits per heavy atom. The van der Waals surface area contributed by atoms with E-state index in [1.165, 1.54) is 0 Å². The van der Waals surface area contributed by atoms with E-state index in [1.807, 2.05) is 60.7 Å². The molecular weight excluding hydrogens is 438 g/mol. The van der Waals surface area contributed by atoms with Crippen molar-refractivity contribution in [2.75, 3.05) is 0 Å². The molecule has 0 saturated heterocycles. The molecule has 0 atom stereocenters. The summed E-state index contributed by atoms with van der Waals surface area (Å²) in [4.78, 5) is 8.37. The number of rotatable bonds is 0. The van der Waals surface area contributed by atoms with Crippen LogP contribution in [0.2, 0.25) is 0 Å². The summed E-state index contributed by atoms with van der Waals surface area (Å²) in [7, 11) is 0. The van der Waals surface area contributed by atoms with E-state index in [9.17, 15) is 10.2 Å². The zero-order valence-corrected chi connectivity index (χ0v) is 19.5. The maximum atomic E-state index is 9.82. The van der Waals surface area contributed by atoms with Crippen LogP contribution in [0.25, 0.3) is 43.4 Å². The average molecular weight is 454 g/mol. The maximum Gasteiger partial charge on any atom is 2.00 e. The smallest absolute Gasteiger partial charge is 0.508 e. The standard InChI is InChI=1S/2C13H8NO.Zn/c2*15-11-5-1-3-9-6-7-10-4-2-8-14-13(10)12(9)11;/h2*1-7,15H;/q2*-1;+2. The van der Waals surface area contributed by atoms with Gasteiger partial charge in [0, 0.05) is 0 Å². The van der Waals surface area contributed by atoms with Gasteiger partial charge >= 0.3 is 19.5 Å². The van der Waals surface area contributed by atoms with E-state index >= 15 is 0 Å². The molecule has 4 aromatic carbocycles. The summed E-state index contributed by atoms with van der Waals surface area (Å²) in [5, 5.41) is 25.2. The van der Waals surface area contributed by atoms with Gasteiger partial charge in [-0.05, 0) is 44.7 Å². The number of aromatic hydroxyl groups is 2. The van der Waals surface area contributed by atoms with Crippen molar-refractivity contribution in [2.24, 2.45) is 0 Å². The zero-order chi connectivity index (χ0) is 20.5. The number of hydrogen-bond donors (Lipinski definition) is 2. The van der Waals surface area contributed by atoms with Gasteiger partial charge in [-0.15, -0.1) is 10.8 Å². The largest absolute Gasteiger partial charge is 2.00 e. The molecule has 0 spiro atoms. The number of phenolic OH excluding ortho intramolecular Hbond substituents is 2. The Balaban J connectivity index is 0.000000144. The summed E-state index contributed by atoms with van der Waals surface area (Å²) in [6, 6.07) is 26.3. The van der Waals surface area contributed by atoms with Crippen LogP contribution < -0.4 is 0 Å². The predicted octanol–water partition coefficient (Wildman–Crippen LogP) is 5.79. The van der Waals surface area contributed by atoms with E-state index in [2.05, 4.69) is 22.4 Å². The number of aromatic nitrogens is 2. The third kappa shape index (κ3) is 3.80. The summed E-state index contributed by atoms with van der Waals surface area (Å²) in [6.45, 7) is 0. The van der Waals surface area contributed by atoms with Crippen molar-refractivity contribution in [2.45, 2.75) is 0 Å². The molecule has 2 aromatic heterocycles. The van der Waals surface area contributed by atoms with Crippen molar-refractivity contribution in [3.05, 3.63) is 97.3 Å². The van der Waals surface area contributed by atoms with Crippen molar-refractivity contribution in [3.63, 3.8) is 0 Å². The third-order valence-electron chi connectivity index (χ3n) is 5.08. The molecule has 0 amide bonds. The van der Waals surface area contributed by atoms with Crippen molar-refractivity contribution in [1.29, 1.82) is 0 Å². The minimum atomic E-state index is 0. The Morgan fingerprint density at radius 1 is 0.516 bits per heavy atom. The van der Waals surface area contributed by atoms with Gasteiger partial charge in [-0.3, -0.25) is 0 Å². The molecule has 0 radical (unpaired) electrons. The van der Waals surface area contributed by atoms with E-state index in [0.717, 1.165) is 43.4 Å². The molecule has 0 bridgehead atoms. The molecule has 4 nitrogen and oxygen atoms in total. The first-order chi connectivity index (χ1) is 14.7. The Morgan fingerprint density at radius 2 is 0.935 bits per heavy atom. The van der Waals surface area contributed by atoms with Crippen LogP contribution in [0.5, 0.6) is 11.5 Å². The summed E-state index contributed by atoms with van der Waals surface area (Å²) >= 11 is 0. The normalized spacial score (nSPS) is 10.6. The molecule has 6 rings (SSSR count). The second-order valence-corrected chi connectivity index (χ2v) is 6.91. The minimum Gasteiger partial charge on any atom is -0.508 e. The van der Waals surface area contributed by atoms with Crippen LogP contribution in [0, 0.1) is 12.4 Å². The van der Waals surface area contributed by atoms with Crippen LogP contribution in [0.3, 0.4) is 0 Å². The number of benzene rings is 4. The summed E-state index contributed by atoms with van der Waals surface area (Å²) in [6.07, 6.45) is 5.59. The fraction of sp³-hybridized carbons (Fsp3) is 0. The summed E-state index contributed by atoms with van der Waals surface area (Å²) < 4.78 is 0. The Kier molecular flexibility index (Phi) is 5.79. The Labute approximate surface area is 191 Å². The van der Waals surface area contributed by atoms with E-state index < -0.39 is 0 Å². The Bertz CT molecular complexity index is 1420. The monoisotopic (exact) mass is 452 g/mol. The molecule has 5 heteroatoms. The quantitative estimate of drug-likeness (QED) is 0.174. The van der Waals surface area contributed by atoms with E-state index in [0.29, 0.717) is 0 Å². The van der Waals surface area contributed by atoms with Crippen LogP contribution in [0.4, 0.5) is 0 Å². The number of fused-ring (bicyclic) bond motifs is 6. The minimum absolute atomic E-state index is 0. The van der Waals surface area contributed by atoms with Crippen molar-refractivity contribution in [1.82, 2.24) is 9.97 Å². The van der Waals surface area contributed by atoms with Crippen LogP contribution in [0.15, 0.2) is 84.9 Å². The fourth-order valence-electron chi connectivity index (χ4n) is 3.68. The van der Waals surface area contributed by atoms with Gasteiger partial charge in [0.15, 0.2) is 0 Å². The van der Waals surface area contributed by atoms with Gasteiger partial charge in [0.25, 0.3) is 0 Å². The zero-order valence-electron chi connectivity index (χ0n) is 16.6. The van der Waals surface area contributed by atoms with E-state index in [4.69, 9.17) is 0 Å². The number of phenols is 2. The molecule has 6 aromatic rings. The topological polar surface area (TPSA) is 66.2 Å². The summed E-state index contributed by atoms with van der Waals surface area (Å²) in [5.41, 5.74) is 1.60. The fourth-order valence-corrected chi connectivity index (χ4v) is 3.68. The van der Waals surface area contributed by atoms with Crippen molar-refractivity contribution < 1.29 is 29.7 Å². The number of nitrogens with zero attached hydrogens (tertiary/aromatic N) is 2. The summed E-state index contributed by atoms with van der Waals surface area (Å²) in [5.74, 6) is 0.537. The van der Waals surface area contributed by atoms with Gasteiger partial charge < -0.3 is 20.2 Å². The number of hydrogen-bond acceptors (Lipinski definition) is 4. The van der Waals surface area contributed by atoms with Gasteiger partial charge in [0.1, 0.15) is 11.5 Å². The second-order valence-electron chi connectivity index (χ2n) is 6.91. The SMILES string of the molecule is Oc1cccc2ccc3cc[c-]nc3c12.Oc1cccc2ccc3cc[c-]nc3c12.[Zn+2]. The van der Waals surface area contributed by atoms with Crippen LogP contribution in [-0.4, -0.2) is 20.2 Å². The predicted molar refractivity (Wildman–Crippen MR) is 119 cm³/mol. The molecule has 2 N–H and O–H groups in total. The van der Waals surface area contributed by atoms with Crippen molar-refractivity contribution in [3.8, 4) is 11.5 Å². The molecular formula is C26H16N2O2Zn. The molecule has 0 aliphatic carbocycles. The van der Waals surface area contributed by atoms with Gasteiger partial charge in [0.05, 0.1) is 0 Å². The van der Waals surface area contributed by atoms with Gasteiger partial charge in [0.2, 0.25) is 0 Å². The number of pyridine rings is 2. The van der Waals surface area contributed by atoms with Gasteiger partial charge in [-0.2, -0.15) is 24.3 Å². The molecule has 2 heterocycles. The van der Waals surface area contributed by atoms with Crippen LogP contribution in [0.1, 0.15) is 0 Å².